The van der Waals surface area contributed by atoms with Gasteiger partial charge in [0.2, 0.25) is 0 Å². The lowest BCUT2D eigenvalue weighted by Crippen LogP contribution is -2.27. The molecule has 0 aromatic carbocycles. The van der Waals surface area contributed by atoms with E-state index in [-0.39, 0.29) is 19.3 Å². The summed E-state index contributed by atoms with van der Waals surface area (Å²) in [4.78, 5) is 33.6. The van der Waals surface area contributed by atoms with E-state index in [1.54, 1.807) is 0 Å². The molecule has 0 spiro atoms. The third-order valence-electron chi connectivity index (χ3n) is 3.34. The molecule has 0 aromatic heterocycles. The summed E-state index contributed by atoms with van der Waals surface area (Å²) in [5.41, 5.74) is 0. The van der Waals surface area contributed by atoms with Gasteiger partial charge in [-0.3, -0.25) is 14.4 Å². The van der Waals surface area contributed by atoms with E-state index in [0.717, 1.165) is 38.9 Å². The molecular weight excluding hydrogens is 290 g/mol. The number of hydrogen-bond donors (Lipinski definition) is 3. The molecule has 0 aliphatic heterocycles. The van der Waals surface area contributed by atoms with Crippen molar-refractivity contribution in [2.75, 3.05) is 19.6 Å². The largest absolute Gasteiger partial charge is 0.481 e. The third kappa shape index (κ3) is 14.8. The van der Waals surface area contributed by atoms with Crippen molar-refractivity contribution in [1.82, 2.24) is 4.90 Å². The lowest BCUT2D eigenvalue weighted by molar-refractivity contribution is -0.138. The van der Waals surface area contributed by atoms with Crippen LogP contribution in [0.2, 0.25) is 0 Å². The molecule has 0 aromatic rings. The Hall–Kier alpha value is -1.63. The maximum atomic E-state index is 10.5. The molecular formula is C15H27NO6. The van der Waals surface area contributed by atoms with Gasteiger partial charge in [-0.05, 0) is 58.2 Å². The fraction of sp³-hybridized carbons (Fsp3) is 0.800. The van der Waals surface area contributed by atoms with Gasteiger partial charge in [-0.1, -0.05) is 0 Å². The zero-order valence-electron chi connectivity index (χ0n) is 13.0. The summed E-state index contributed by atoms with van der Waals surface area (Å²) >= 11 is 0. The summed E-state index contributed by atoms with van der Waals surface area (Å²) in [5, 5.41) is 25.8. The van der Waals surface area contributed by atoms with E-state index in [1.807, 2.05) is 0 Å². The monoisotopic (exact) mass is 317 g/mol. The third-order valence-corrected chi connectivity index (χ3v) is 3.34. The molecule has 0 bridgehead atoms. The highest BCUT2D eigenvalue weighted by Gasteiger charge is 2.07. The van der Waals surface area contributed by atoms with Crippen LogP contribution in [0.4, 0.5) is 0 Å². The van der Waals surface area contributed by atoms with E-state index in [9.17, 15) is 14.4 Å². The molecule has 0 rings (SSSR count). The molecule has 0 aliphatic carbocycles. The van der Waals surface area contributed by atoms with Gasteiger partial charge in [0.05, 0.1) is 0 Å². The molecule has 0 fully saturated rings. The van der Waals surface area contributed by atoms with Crippen molar-refractivity contribution in [2.45, 2.75) is 57.8 Å². The van der Waals surface area contributed by atoms with Crippen LogP contribution in [0.3, 0.4) is 0 Å². The summed E-state index contributed by atoms with van der Waals surface area (Å²) < 4.78 is 0. The van der Waals surface area contributed by atoms with Crippen molar-refractivity contribution in [3.05, 3.63) is 0 Å². The minimum absolute atomic E-state index is 0.159. The molecule has 0 heterocycles. The van der Waals surface area contributed by atoms with Gasteiger partial charge in [0.15, 0.2) is 0 Å². The van der Waals surface area contributed by atoms with Gasteiger partial charge >= 0.3 is 17.9 Å². The van der Waals surface area contributed by atoms with Crippen LogP contribution in [0.1, 0.15) is 57.8 Å². The molecule has 0 aliphatic rings. The van der Waals surface area contributed by atoms with Crippen LogP contribution < -0.4 is 0 Å². The molecule has 0 saturated heterocycles. The number of unbranched alkanes of at least 4 members (excludes halogenated alkanes) is 3. The highest BCUT2D eigenvalue weighted by Crippen LogP contribution is 2.06. The molecule has 3 N–H and O–H groups in total. The van der Waals surface area contributed by atoms with E-state index in [1.165, 1.54) is 0 Å². The van der Waals surface area contributed by atoms with Crippen LogP contribution in [-0.2, 0) is 14.4 Å². The number of nitrogens with zero attached hydrogens (tertiary/aromatic N) is 1. The predicted octanol–water partition coefficient (Wildman–Crippen LogP) is 2.05. The van der Waals surface area contributed by atoms with E-state index in [0.29, 0.717) is 19.3 Å². The van der Waals surface area contributed by atoms with Crippen molar-refractivity contribution in [3.8, 4) is 0 Å². The summed E-state index contributed by atoms with van der Waals surface area (Å²) in [7, 11) is 0. The van der Waals surface area contributed by atoms with E-state index in [4.69, 9.17) is 15.3 Å². The Bertz CT molecular complexity index is 293. The Balaban J connectivity index is 3.93. The molecule has 7 heteroatoms. The normalized spacial score (nSPS) is 10.8. The SMILES string of the molecule is O=C(O)CCCCN(CCCCC(=O)O)CCCCC(=O)O. The maximum Gasteiger partial charge on any atom is 0.303 e. The van der Waals surface area contributed by atoms with Crippen molar-refractivity contribution in [2.24, 2.45) is 0 Å². The Morgan fingerprint density at radius 1 is 0.545 bits per heavy atom. The smallest absolute Gasteiger partial charge is 0.303 e. The molecule has 0 amide bonds. The van der Waals surface area contributed by atoms with Crippen LogP contribution in [0.25, 0.3) is 0 Å². The Morgan fingerprint density at radius 2 is 0.818 bits per heavy atom. The van der Waals surface area contributed by atoms with Gasteiger partial charge in [0.1, 0.15) is 0 Å². The highest BCUT2D eigenvalue weighted by molar-refractivity contribution is 5.67. The second kappa shape index (κ2) is 13.1. The lowest BCUT2D eigenvalue weighted by Gasteiger charge is -2.22. The number of carboxylic acids is 3. The minimum Gasteiger partial charge on any atom is -0.481 e. The number of rotatable bonds is 15. The molecule has 0 saturated carbocycles. The van der Waals surface area contributed by atoms with Crippen LogP contribution in [0, 0.1) is 0 Å². The van der Waals surface area contributed by atoms with Crippen LogP contribution >= 0.6 is 0 Å². The molecule has 22 heavy (non-hydrogen) atoms. The molecule has 128 valence electrons. The summed E-state index contributed by atoms with van der Waals surface area (Å²) in [6, 6.07) is 0. The van der Waals surface area contributed by atoms with E-state index in [2.05, 4.69) is 4.90 Å². The first kappa shape index (κ1) is 20.4. The second-order valence-electron chi connectivity index (χ2n) is 5.39. The van der Waals surface area contributed by atoms with Crippen LogP contribution in [0.5, 0.6) is 0 Å². The topological polar surface area (TPSA) is 115 Å². The second-order valence-corrected chi connectivity index (χ2v) is 5.39. The highest BCUT2D eigenvalue weighted by atomic mass is 16.4. The average molecular weight is 317 g/mol. The van der Waals surface area contributed by atoms with Crippen molar-refractivity contribution in [1.29, 1.82) is 0 Å². The zero-order valence-corrected chi connectivity index (χ0v) is 13.0. The quantitative estimate of drug-likeness (QED) is 0.396. The number of aliphatic carboxylic acids is 3. The van der Waals surface area contributed by atoms with Crippen molar-refractivity contribution in [3.63, 3.8) is 0 Å². The predicted molar refractivity (Wildman–Crippen MR) is 80.9 cm³/mol. The molecule has 0 unspecified atom stereocenters. The van der Waals surface area contributed by atoms with Gasteiger partial charge in [0.25, 0.3) is 0 Å². The number of carbonyl (C=O) groups is 3. The van der Waals surface area contributed by atoms with Gasteiger partial charge in [-0.25, -0.2) is 0 Å². The summed E-state index contributed by atoms with van der Waals surface area (Å²) in [5.74, 6) is -2.39. The Kier molecular flexibility index (Phi) is 12.1. The average Bonchev–Trinajstić information content (AvgIpc) is 2.42. The van der Waals surface area contributed by atoms with E-state index >= 15 is 0 Å². The summed E-state index contributed by atoms with van der Waals surface area (Å²) in [6.45, 7) is 2.31. The standard InChI is InChI=1S/C15H27NO6/c17-13(18)7-1-4-10-16(11-5-2-8-14(19)20)12-6-3-9-15(21)22/h1-12H2,(H,17,18)(H,19,20)(H,21,22). The van der Waals surface area contributed by atoms with Gasteiger partial charge < -0.3 is 20.2 Å². The van der Waals surface area contributed by atoms with Crippen molar-refractivity contribution < 1.29 is 29.7 Å². The zero-order chi connectivity index (χ0) is 16.8. The number of hydrogen-bond acceptors (Lipinski definition) is 4. The first-order chi connectivity index (χ1) is 10.4. The van der Waals surface area contributed by atoms with Crippen LogP contribution in [-0.4, -0.2) is 57.8 Å². The molecule has 0 radical (unpaired) electrons. The first-order valence-electron chi connectivity index (χ1n) is 7.79. The van der Waals surface area contributed by atoms with Crippen LogP contribution in [0.15, 0.2) is 0 Å². The number of carboxylic acid groups (broad SMARTS) is 3. The lowest BCUT2D eigenvalue weighted by atomic mass is 10.1. The Labute approximate surface area is 130 Å². The van der Waals surface area contributed by atoms with E-state index < -0.39 is 17.9 Å². The fourth-order valence-electron chi connectivity index (χ4n) is 2.17. The fourth-order valence-corrected chi connectivity index (χ4v) is 2.17. The maximum absolute atomic E-state index is 10.5. The molecule has 7 nitrogen and oxygen atoms in total. The van der Waals surface area contributed by atoms with Gasteiger partial charge in [-0.2, -0.15) is 0 Å². The first-order valence-corrected chi connectivity index (χ1v) is 7.79. The van der Waals surface area contributed by atoms with Gasteiger partial charge in [-0.15, -0.1) is 0 Å². The van der Waals surface area contributed by atoms with Crippen molar-refractivity contribution >= 4 is 17.9 Å². The Morgan fingerprint density at radius 3 is 1.05 bits per heavy atom. The van der Waals surface area contributed by atoms with Gasteiger partial charge in [0, 0.05) is 19.3 Å². The summed E-state index contributed by atoms with van der Waals surface area (Å²) in [6.07, 6.45) is 4.68. The molecule has 0 atom stereocenters. The minimum atomic E-state index is -0.797.